The van der Waals surface area contributed by atoms with Gasteiger partial charge in [-0.05, 0) is 52.9 Å². The molecule has 4 rings (SSSR count). The Balaban J connectivity index is 1.58. The number of tetrazole rings is 1. The number of anilines is 2. The van der Waals surface area contributed by atoms with E-state index in [2.05, 4.69) is 41.9 Å². The maximum Gasteiger partial charge on any atom is 0.291 e. The second-order valence-corrected chi connectivity index (χ2v) is 9.81. The molecule has 2 aromatic carbocycles. The first-order chi connectivity index (χ1) is 15.3. The van der Waals surface area contributed by atoms with E-state index in [1.807, 2.05) is 0 Å². The number of benzene rings is 2. The minimum atomic E-state index is -3.96. The Hall–Kier alpha value is -3.22. The van der Waals surface area contributed by atoms with Crippen LogP contribution in [0.2, 0.25) is 5.02 Å². The molecule has 0 spiro atoms. The zero-order valence-corrected chi connectivity index (χ0v) is 19.4. The SMILES string of the molecule is CN(c1ccc(Cl)cc1)S(=O)(=O)c1coc(C(=O)Nc2ccc(Br)cc2-c2nnn[nH]2)c1. The lowest BCUT2D eigenvalue weighted by Crippen LogP contribution is -2.26. The van der Waals surface area contributed by atoms with Crippen LogP contribution in [-0.2, 0) is 10.0 Å². The van der Waals surface area contributed by atoms with Crippen LogP contribution < -0.4 is 9.62 Å². The highest BCUT2D eigenvalue weighted by Gasteiger charge is 2.26. The molecule has 1 amide bonds. The molecule has 4 aromatic rings. The van der Waals surface area contributed by atoms with Gasteiger partial charge in [-0.15, -0.1) is 5.10 Å². The van der Waals surface area contributed by atoms with Crippen LogP contribution in [0.25, 0.3) is 11.4 Å². The summed E-state index contributed by atoms with van der Waals surface area (Å²) in [6, 6.07) is 12.6. The first kappa shape index (κ1) is 22.0. The van der Waals surface area contributed by atoms with Gasteiger partial charge in [0.05, 0.1) is 11.4 Å². The van der Waals surface area contributed by atoms with E-state index in [1.54, 1.807) is 42.5 Å². The predicted octanol–water partition coefficient (Wildman–Crippen LogP) is 3.95. The maximum atomic E-state index is 12.9. The van der Waals surface area contributed by atoms with E-state index in [-0.39, 0.29) is 10.7 Å². The van der Waals surface area contributed by atoms with Crippen molar-refractivity contribution in [1.29, 1.82) is 0 Å². The normalized spacial score (nSPS) is 11.3. The Bertz CT molecular complexity index is 1370. The van der Waals surface area contributed by atoms with E-state index in [9.17, 15) is 13.2 Å². The Morgan fingerprint density at radius 3 is 2.62 bits per heavy atom. The Morgan fingerprint density at radius 1 is 1.19 bits per heavy atom. The number of nitrogens with zero attached hydrogens (tertiary/aromatic N) is 4. The van der Waals surface area contributed by atoms with Crippen LogP contribution in [0.3, 0.4) is 0 Å². The number of halogens is 2. The summed E-state index contributed by atoms with van der Waals surface area (Å²) in [5.41, 5.74) is 1.33. The van der Waals surface area contributed by atoms with Gasteiger partial charge in [-0.2, -0.15) is 0 Å². The zero-order chi connectivity index (χ0) is 22.9. The number of aromatic amines is 1. The van der Waals surface area contributed by atoms with Gasteiger partial charge >= 0.3 is 0 Å². The number of carbonyl (C=O) groups is 1. The van der Waals surface area contributed by atoms with Crippen LogP contribution in [0.1, 0.15) is 10.6 Å². The van der Waals surface area contributed by atoms with E-state index < -0.39 is 15.9 Å². The quantitative estimate of drug-likeness (QED) is 0.380. The average Bonchev–Trinajstić information content (AvgIpc) is 3.48. The molecular formula is C19H14BrClN6O4S. The number of carbonyl (C=O) groups excluding carboxylic acids is 1. The van der Waals surface area contributed by atoms with Gasteiger partial charge < -0.3 is 9.73 Å². The Kier molecular flexibility index (Phi) is 6.00. The van der Waals surface area contributed by atoms with Crippen molar-refractivity contribution in [1.82, 2.24) is 20.6 Å². The smallest absolute Gasteiger partial charge is 0.291 e. The summed E-state index contributed by atoms with van der Waals surface area (Å²) in [6.45, 7) is 0. The summed E-state index contributed by atoms with van der Waals surface area (Å²) >= 11 is 9.22. The molecule has 0 atom stereocenters. The van der Waals surface area contributed by atoms with Gasteiger partial charge in [0, 0.05) is 28.2 Å². The van der Waals surface area contributed by atoms with Crippen molar-refractivity contribution in [3.8, 4) is 11.4 Å². The molecule has 10 nitrogen and oxygen atoms in total. The van der Waals surface area contributed by atoms with Crippen LogP contribution in [0.5, 0.6) is 0 Å². The molecule has 0 aliphatic carbocycles. The number of rotatable bonds is 6. The van der Waals surface area contributed by atoms with Crippen LogP contribution in [-0.4, -0.2) is 42.0 Å². The second-order valence-electron chi connectivity index (χ2n) is 6.49. The molecule has 0 bridgehead atoms. The number of hydrogen-bond acceptors (Lipinski definition) is 7. The molecule has 0 saturated heterocycles. The van der Waals surface area contributed by atoms with E-state index in [4.69, 9.17) is 16.0 Å². The molecule has 0 fully saturated rings. The summed E-state index contributed by atoms with van der Waals surface area (Å²) in [7, 11) is -2.57. The van der Waals surface area contributed by atoms with Crippen molar-refractivity contribution >= 4 is 54.8 Å². The second kappa shape index (κ2) is 8.73. The maximum absolute atomic E-state index is 12.9. The van der Waals surface area contributed by atoms with Crippen molar-refractivity contribution < 1.29 is 17.6 Å². The zero-order valence-electron chi connectivity index (χ0n) is 16.3. The molecule has 0 radical (unpaired) electrons. The van der Waals surface area contributed by atoms with Crippen LogP contribution >= 0.6 is 27.5 Å². The minimum Gasteiger partial charge on any atom is -0.458 e. The van der Waals surface area contributed by atoms with Crippen LogP contribution in [0, 0.1) is 0 Å². The third-order valence-corrected chi connectivity index (χ3v) is 6.97. The van der Waals surface area contributed by atoms with Gasteiger partial charge in [-0.3, -0.25) is 9.10 Å². The van der Waals surface area contributed by atoms with Crippen molar-refractivity contribution in [3.63, 3.8) is 0 Å². The summed E-state index contributed by atoms with van der Waals surface area (Å²) in [4.78, 5) is 12.6. The first-order valence-corrected chi connectivity index (χ1v) is 11.5. The molecule has 13 heteroatoms. The third-order valence-electron chi connectivity index (χ3n) is 4.48. The highest BCUT2D eigenvalue weighted by Crippen LogP contribution is 2.29. The number of sulfonamides is 1. The number of furan rings is 1. The highest BCUT2D eigenvalue weighted by atomic mass is 79.9. The van der Waals surface area contributed by atoms with Gasteiger partial charge in [0.15, 0.2) is 11.6 Å². The lowest BCUT2D eigenvalue weighted by atomic mass is 10.1. The molecule has 0 saturated carbocycles. The molecule has 2 heterocycles. The highest BCUT2D eigenvalue weighted by molar-refractivity contribution is 9.10. The topological polar surface area (TPSA) is 134 Å². The number of hydrogen-bond donors (Lipinski definition) is 2. The molecule has 164 valence electrons. The van der Waals surface area contributed by atoms with Crippen molar-refractivity contribution in [2.24, 2.45) is 0 Å². The molecule has 0 aliphatic heterocycles. The van der Waals surface area contributed by atoms with Crippen molar-refractivity contribution in [2.75, 3.05) is 16.7 Å². The minimum absolute atomic E-state index is 0.171. The van der Waals surface area contributed by atoms with E-state index in [0.29, 0.717) is 27.8 Å². The van der Waals surface area contributed by atoms with Gasteiger partial charge in [-0.25, -0.2) is 13.5 Å². The van der Waals surface area contributed by atoms with Crippen LogP contribution in [0.15, 0.2) is 68.6 Å². The van der Waals surface area contributed by atoms with Crippen LogP contribution in [0.4, 0.5) is 11.4 Å². The largest absolute Gasteiger partial charge is 0.458 e. The van der Waals surface area contributed by atoms with E-state index >= 15 is 0 Å². The number of amides is 1. The Morgan fingerprint density at radius 2 is 1.94 bits per heavy atom. The number of nitrogens with one attached hydrogen (secondary N) is 2. The molecule has 2 aromatic heterocycles. The monoisotopic (exact) mass is 536 g/mol. The van der Waals surface area contributed by atoms with Gasteiger partial charge in [0.2, 0.25) is 0 Å². The lowest BCUT2D eigenvalue weighted by Gasteiger charge is -2.18. The molecule has 2 N–H and O–H groups in total. The van der Waals surface area contributed by atoms with Gasteiger partial charge in [0.25, 0.3) is 15.9 Å². The molecule has 0 unspecified atom stereocenters. The molecule has 32 heavy (non-hydrogen) atoms. The third kappa shape index (κ3) is 4.38. The summed E-state index contributed by atoms with van der Waals surface area (Å²) in [6.07, 6.45) is 1.01. The first-order valence-electron chi connectivity index (χ1n) is 8.94. The van der Waals surface area contributed by atoms with E-state index in [1.165, 1.54) is 7.05 Å². The van der Waals surface area contributed by atoms with Crippen molar-refractivity contribution in [3.05, 3.63) is 70.0 Å². The molecular weight excluding hydrogens is 524 g/mol. The standard InChI is InChI=1S/C19H14BrClN6O4S/c1-27(13-5-3-12(21)4-6-13)32(29,30)14-9-17(31-10-14)19(28)22-16-7-2-11(20)8-15(16)18-23-25-26-24-18/h2-10H,1H3,(H,22,28)(H,23,24,25,26). The Labute approximate surface area is 195 Å². The fourth-order valence-electron chi connectivity index (χ4n) is 2.80. The summed E-state index contributed by atoms with van der Waals surface area (Å²) < 4.78 is 32.9. The lowest BCUT2D eigenvalue weighted by molar-refractivity contribution is 0.0996. The summed E-state index contributed by atoms with van der Waals surface area (Å²) in [5, 5.41) is 16.7. The van der Waals surface area contributed by atoms with Gasteiger partial charge in [-0.1, -0.05) is 27.5 Å². The fraction of sp³-hybridized carbons (Fsp3) is 0.0526. The predicted molar refractivity (Wildman–Crippen MR) is 121 cm³/mol. The van der Waals surface area contributed by atoms with E-state index in [0.717, 1.165) is 21.1 Å². The molecule has 0 aliphatic rings. The average molecular weight is 538 g/mol. The van der Waals surface area contributed by atoms with Crippen molar-refractivity contribution in [2.45, 2.75) is 4.90 Å². The van der Waals surface area contributed by atoms with Gasteiger partial charge in [0.1, 0.15) is 11.2 Å². The summed E-state index contributed by atoms with van der Waals surface area (Å²) in [5.74, 6) is -0.483. The fourth-order valence-corrected chi connectivity index (χ4v) is 4.43. The number of aromatic nitrogens is 4. The number of H-pyrrole nitrogens is 1.